The van der Waals surface area contributed by atoms with Crippen LogP contribution in [0.25, 0.3) is 0 Å². The standard InChI is InChI=1S/C15H14BrFO/c1-10-8-12(17)7-6-11(10)9-15(18)13-4-2-3-5-14(13)16/h2-8,15,18H,9H2,1H3. The van der Waals surface area contributed by atoms with E-state index >= 15 is 0 Å². The van der Waals surface area contributed by atoms with Gasteiger partial charge in [0.15, 0.2) is 0 Å². The van der Waals surface area contributed by atoms with Crippen LogP contribution in [0.5, 0.6) is 0 Å². The molecule has 2 aromatic rings. The Kier molecular flexibility index (Phi) is 4.15. The molecule has 1 N–H and O–H groups in total. The molecule has 0 saturated heterocycles. The van der Waals surface area contributed by atoms with Gasteiger partial charge in [-0.25, -0.2) is 4.39 Å². The maximum Gasteiger partial charge on any atom is 0.123 e. The second-order valence-corrected chi connectivity index (χ2v) is 5.17. The van der Waals surface area contributed by atoms with Crippen molar-refractivity contribution < 1.29 is 9.50 Å². The molecule has 94 valence electrons. The summed E-state index contributed by atoms with van der Waals surface area (Å²) in [4.78, 5) is 0. The molecule has 1 nitrogen and oxygen atoms in total. The normalized spacial score (nSPS) is 12.4. The van der Waals surface area contributed by atoms with Gasteiger partial charge in [0.25, 0.3) is 0 Å². The summed E-state index contributed by atoms with van der Waals surface area (Å²) in [6, 6.07) is 12.2. The third-order valence-electron chi connectivity index (χ3n) is 2.98. The van der Waals surface area contributed by atoms with Crippen LogP contribution in [0.15, 0.2) is 46.9 Å². The molecular weight excluding hydrogens is 295 g/mol. The third kappa shape index (κ3) is 2.98. The molecule has 1 atom stereocenters. The number of halogens is 2. The van der Waals surface area contributed by atoms with Crippen molar-refractivity contribution >= 4 is 15.9 Å². The maximum absolute atomic E-state index is 13.0. The number of aliphatic hydroxyl groups is 1. The van der Waals surface area contributed by atoms with E-state index in [2.05, 4.69) is 15.9 Å². The molecule has 0 aliphatic rings. The van der Waals surface area contributed by atoms with Crippen LogP contribution in [-0.2, 0) is 6.42 Å². The predicted octanol–water partition coefficient (Wildman–Crippen LogP) is 4.17. The van der Waals surface area contributed by atoms with E-state index in [1.54, 1.807) is 6.07 Å². The van der Waals surface area contributed by atoms with Gasteiger partial charge >= 0.3 is 0 Å². The lowest BCUT2D eigenvalue weighted by molar-refractivity contribution is 0.177. The SMILES string of the molecule is Cc1cc(F)ccc1CC(O)c1ccccc1Br. The molecule has 0 spiro atoms. The molecule has 18 heavy (non-hydrogen) atoms. The average Bonchev–Trinajstić information content (AvgIpc) is 2.33. The summed E-state index contributed by atoms with van der Waals surface area (Å²) < 4.78 is 13.9. The van der Waals surface area contributed by atoms with Gasteiger partial charge in [-0.2, -0.15) is 0 Å². The van der Waals surface area contributed by atoms with Gasteiger partial charge in [-0.1, -0.05) is 40.2 Å². The first-order valence-corrected chi connectivity index (χ1v) is 6.55. The van der Waals surface area contributed by atoms with Crippen molar-refractivity contribution in [2.45, 2.75) is 19.4 Å². The van der Waals surface area contributed by atoms with Crippen molar-refractivity contribution in [1.82, 2.24) is 0 Å². The Morgan fingerprint density at radius 2 is 1.94 bits per heavy atom. The molecule has 1 unspecified atom stereocenters. The fraction of sp³-hybridized carbons (Fsp3) is 0.200. The van der Waals surface area contributed by atoms with Crippen molar-refractivity contribution in [2.24, 2.45) is 0 Å². The molecule has 3 heteroatoms. The molecule has 0 aliphatic heterocycles. The summed E-state index contributed by atoms with van der Waals surface area (Å²) in [5.41, 5.74) is 2.67. The Balaban J connectivity index is 2.21. The summed E-state index contributed by atoms with van der Waals surface area (Å²) in [7, 11) is 0. The minimum atomic E-state index is -0.593. The Bertz CT molecular complexity index is 554. The molecule has 0 fully saturated rings. The number of benzene rings is 2. The molecule has 0 heterocycles. The van der Waals surface area contributed by atoms with E-state index in [-0.39, 0.29) is 5.82 Å². The van der Waals surface area contributed by atoms with E-state index in [0.717, 1.165) is 21.2 Å². The lowest BCUT2D eigenvalue weighted by atomic mass is 9.98. The zero-order valence-electron chi connectivity index (χ0n) is 10.0. The highest BCUT2D eigenvalue weighted by atomic mass is 79.9. The van der Waals surface area contributed by atoms with Crippen molar-refractivity contribution in [3.8, 4) is 0 Å². The van der Waals surface area contributed by atoms with Crippen LogP contribution in [0, 0.1) is 12.7 Å². The van der Waals surface area contributed by atoms with E-state index < -0.39 is 6.10 Å². The van der Waals surface area contributed by atoms with Crippen molar-refractivity contribution in [1.29, 1.82) is 0 Å². The quantitative estimate of drug-likeness (QED) is 0.902. The Hall–Kier alpha value is -1.19. The third-order valence-corrected chi connectivity index (χ3v) is 3.70. The molecule has 0 amide bonds. The molecule has 0 aromatic heterocycles. The van der Waals surface area contributed by atoms with Crippen LogP contribution in [-0.4, -0.2) is 5.11 Å². The van der Waals surface area contributed by atoms with Gasteiger partial charge in [0.1, 0.15) is 5.82 Å². The number of hydrogen-bond donors (Lipinski definition) is 1. The second kappa shape index (κ2) is 5.63. The zero-order valence-corrected chi connectivity index (χ0v) is 11.6. The van der Waals surface area contributed by atoms with E-state index in [9.17, 15) is 9.50 Å². The van der Waals surface area contributed by atoms with Gasteiger partial charge in [-0.15, -0.1) is 0 Å². The highest BCUT2D eigenvalue weighted by molar-refractivity contribution is 9.10. The Morgan fingerprint density at radius 1 is 1.22 bits per heavy atom. The Morgan fingerprint density at radius 3 is 2.61 bits per heavy atom. The summed E-state index contributed by atoms with van der Waals surface area (Å²) >= 11 is 3.42. The first kappa shape index (κ1) is 13.2. The number of aliphatic hydroxyl groups excluding tert-OH is 1. The summed E-state index contributed by atoms with van der Waals surface area (Å²) in [5, 5.41) is 10.2. The monoisotopic (exact) mass is 308 g/mol. The summed E-state index contributed by atoms with van der Waals surface area (Å²) in [6.45, 7) is 1.85. The molecule has 0 aliphatic carbocycles. The highest BCUT2D eigenvalue weighted by Crippen LogP contribution is 2.26. The lowest BCUT2D eigenvalue weighted by Gasteiger charge is -2.14. The molecule has 0 radical (unpaired) electrons. The maximum atomic E-state index is 13.0. The topological polar surface area (TPSA) is 20.2 Å². The minimum absolute atomic E-state index is 0.244. The van der Waals surface area contributed by atoms with Crippen LogP contribution in [0.4, 0.5) is 4.39 Å². The molecule has 0 bridgehead atoms. The van der Waals surface area contributed by atoms with Gasteiger partial charge in [0.2, 0.25) is 0 Å². The van der Waals surface area contributed by atoms with Gasteiger partial charge in [0.05, 0.1) is 6.10 Å². The minimum Gasteiger partial charge on any atom is -0.388 e. The summed E-state index contributed by atoms with van der Waals surface area (Å²) in [6.07, 6.45) is -0.112. The van der Waals surface area contributed by atoms with Gasteiger partial charge in [-0.05, 0) is 41.8 Å². The molecular formula is C15H14BrFO. The van der Waals surface area contributed by atoms with Crippen LogP contribution in [0.3, 0.4) is 0 Å². The Labute approximate surface area is 114 Å². The average molecular weight is 309 g/mol. The lowest BCUT2D eigenvalue weighted by Crippen LogP contribution is -2.04. The van der Waals surface area contributed by atoms with Crippen LogP contribution >= 0.6 is 15.9 Å². The smallest absolute Gasteiger partial charge is 0.123 e. The van der Waals surface area contributed by atoms with Crippen molar-refractivity contribution in [3.05, 3.63) is 69.4 Å². The number of rotatable bonds is 3. The number of aryl methyl sites for hydroxylation is 1. The van der Waals surface area contributed by atoms with Gasteiger partial charge in [-0.3, -0.25) is 0 Å². The van der Waals surface area contributed by atoms with Crippen LogP contribution in [0.1, 0.15) is 22.8 Å². The van der Waals surface area contributed by atoms with E-state index in [0.29, 0.717) is 6.42 Å². The van der Waals surface area contributed by atoms with Crippen LogP contribution < -0.4 is 0 Å². The first-order chi connectivity index (χ1) is 8.58. The predicted molar refractivity (Wildman–Crippen MR) is 73.9 cm³/mol. The van der Waals surface area contributed by atoms with Gasteiger partial charge < -0.3 is 5.11 Å². The molecule has 0 saturated carbocycles. The molecule has 2 rings (SSSR count). The van der Waals surface area contributed by atoms with E-state index in [1.807, 2.05) is 31.2 Å². The zero-order chi connectivity index (χ0) is 13.1. The van der Waals surface area contributed by atoms with E-state index in [4.69, 9.17) is 0 Å². The van der Waals surface area contributed by atoms with Crippen molar-refractivity contribution in [3.63, 3.8) is 0 Å². The fourth-order valence-corrected chi connectivity index (χ4v) is 2.50. The highest BCUT2D eigenvalue weighted by Gasteiger charge is 2.12. The van der Waals surface area contributed by atoms with Gasteiger partial charge in [0, 0.05) is 10.9 Å². The number of hydrogen-bond acceptors (Lipinski definition) is 1. The fourth-order valence-electron chi connectivity index (χ4n) is 1.95. The van der Waals surface area contributed by atoms with E-state index in [1.165, 1.54) is 12.1 Å². The van der Waals surface area contributed by atoms with Crippen LogP contribution in [0.2, 0.25) is 0 Å². The van der Waals surface area contributed by atoms with Crippen molar-refractivity contribution in [2.75, 3.05) is 0 Å². The second-order valence-electron chi connectivity index (χ2n) is 4.31. The first-order valence-electron chi connectivity index (χ1n) is 5.75. The molecule has 2 aromatic carbocycles. The summed E-state index contributed by atoms with van der Waals surface area (Å²) in [5.74, 6) is -0.244. The largest absolute Gasteiger partial charge is 0.388 e.